The van der Waals surface area contributed by atoms with E-state index in [-0.39, 0.29) is 5.91 Å². The second-order valence-corrected chi connectivity index (χ2v) is 8.00. The summed E-state index contributed by atoms with van der Waals surface area (Å²) in [5, 5.41) is 6.22. The lowest BCUT2D eigenvalue weighted by Crippen LogP contribution is -2.39. The van der Waals surface area contributed by atoms with E-state index in [2.05, 4.69) is 29.3 Å². The van der Waals surface area contributed by atoms with E-state index in [4.69, 9.17) is 23.2 Å². The molecule has 1 aromatic heterocycles. The third-order valence-electron chi connectivity index (χ3n) is 4.22. The molecule has 24 heavy (non-hydrogen) atoms. The molecule has 128 valence electrons. The smallest absolute Gasteiger partial charge is 0.283 e. The van der Waals surface area contributed by atoms with Crippen molar-refractivity contribution in [2.24, 2.45) is 5.10 Å². The number of amides is 1. The van der Waals surface area contributed by atoms with Gasteiger partial charge in [0.15, 0.2) is 0 Å². The summed E-state index contributed by atoms with van der Waals surface area (Å²) in [5.74, 6) is -0.267. The van der Waals surface area contributed by atoms with E-state index in [1.807, 2.05) is 12.1 Å². The Balaban J connectivity index is 1.70. The Kier molecular flexibility index (Phi) is 5.45. The van der Waals surface area contributed by atoms with E-state index >= 15 is 0 Å². The average molecular weight is 384 g/mol. The number of halogens is 2. The van der Waals surface area contributed by atoms with Crippen molar-refractivity contribution in [1.82, 2.24) is 10.3 Å². The first-order valence-corrected chi connectivity index (χ1v) is 9.50. The summed E-state index contributed by atoms with van der Waals surface area (Å²) >= 11 is 13.7. The van der Waals surface area contributed by atoms with Crippen LogP contribution in [0.4, 0.5) is 0 Å². The van der Waals surface area contributed by atoms with Gasteiger partial charge in [0.1, 0.15) is 4.88 Å². The van der Waals surface area contributed by atoms with E-state index in [9.17, 15) is 4.79 Å². The van der Waals surface area contributed by atoms with Gasteiger partial charge in [-0.3, -0.25) is 4.79 Å². The Morgan fingerprint density at radius 3 is 2.67 bits per heavy atom. The summed E-state index contributed by atoms with van der Waals surface area (Å²) < 4.78 is 0.899. The lowest BCUT2D eigenvalue weighted by Gasteiger charge is -2.30. The summed E-state index contributed by atoms with van der Waals surface area (Å²) in [6.45, 7) is 6.35. The summed E-state index contributed by atoms with van der Waals surface area (Å²) in [6, 6.07) is 5.97. The molecule has 0 spiro atoms. The zero-order valence-corrected chi connectivity index (χ0v) is 15.9. The number of carbonyl (C=O) groups excluding carboxylic acids is 1. The maximum absolute atomic E-state index is 12.4. The maximum Gasteiger partial charge on any atom is 0.283 e. The molecule has 4 nitrogen and oxygen atoms in total. The number of hydrazone groups is 1. The molecule has 0 saturated carbocycles. The zero-order chi connectivity index (χ0) is 17.3. The molecule has 1 aliphatic rings. The maximum atomic E-state index is 12.4. The van der Waals surface area contributed by atoms with E-state index in [0.29, 0.717) is 21.0 Å². The lowest BCUT2D eigenvalue weighted by atomic mass is 10.1. The van der Waals surface area contributed by atoms with Crippen LogP contribution in [-0.4, -0.2) is 35.7 Å². The number of fused-ring (bicyclic) bond motifs is 1. The van der Waals surface area contributed by atoms with E-state index < -0.39 is 0 Å². The second kappa shape index (κ2) is 7.40. The number of hydrogen-bond donors (Lipinski definition) is 1. The first-order chi connectivity index (χ1) is 11.5. The number of nitrogens with zero attached hydrogens (tertiary/aromatic N) is 2. The molecule has 0 radical (unpaired) electrons. The minimum absolute atomic E-state index is 0.267. The summed E-state index contributed by atoms with van der Waals surface area (Å²) in [7, 11) is 0. The van der Waals surface area contributed by atoms with Gasteiger partial charge in [0, 0.05) is 52.8 Å². The normalized spacial score (nSPS) is 16.0. The van der Waals surface area contributed by atoms with Crippen LogP contribution in [0, 0.1) is 0 Å². The van der Waals surface area contributed by atoms with Gasteiger partial charge in [-0.1, -0.05) is 29.3 Å². The SMILES string of the molecule is CC(C)N1CCC(=NNC(=O)c2sc3cc(Cl)ccc3c2Cl)CC1. The highest BCUT2D eigenvalue weighted by atomic mass is 35.5. The topological polar surface area (TPSA) is 44.7 Å². The van der Waals surface area contributed by atoms with Crippen LogP contribution in [0.1, 0.15) is 36.4 Å². The number of piperidine rings is 1. The molecule has 2 aromatic rings. The Hall–Kier alpha value is -1.14. The first-order valence-electron chi connectivity index (χ1n) is 7.93. The van der Waals surface area contributed by atoms with Gasteiger partial charge in [0.2, 0.25) is 0 Å². The minimum atomic E-state index is -0.267. The van der Waals surface area contributed by atoms with Crippen LogP contribution in [0.3, 0.4) is 0 Å². The fourth-order valence-corrected chi connectivity index (χ4v) is 4.46. The second-order valence-electron chi connectivity index (χ2n) is 6.13. The van der Waals surface area contributed by atoms with Crippen molar-refractivity contribution in [3.05, 3.63) is 33.1 Å². The van der Waals surface area contributed by atoms with Gasteiger partial charge in [-0.05, 0) is 26.0 Å². The van der Waals surface area contributed by atoms with Crippen molar-refractivity contribution >= 4 is 56.2 Å². The van der Waals surface area contributed by atoms with Gasteiger partial charge in [-0.2, -0.15) is 5.10 Å². The van der Waals surface area contributed by atoms with Crippen LogP contribution in [-0.2, 0) is 0 Å². The Morgan fingerprint density at radius 1 is 1.29 bits per heavy atom. The van der Waals surface area contributed by atoms with Crippen molar-refractivity contribution < 1.29 is 4.79 Å². The molecule has 0 unspecified atom stereocenters. The fraction of sp³-hybridized carbons (Fsp3) is 0.412. The van der Waals surface area contributed by atoms with Crippen LogP contribution in [0.2, 0.25) is 10.0 Å². The molecule has 2 heterocycles. The Bertz CT molecular complexity index is 790. The molecule has 7 heteroatoms. The van der Waals surface area contributed by atoms with Gasteiger partial charge in [-0.15, -0.1) is 11.3 Å². The number of benzene rings is 1. The molecule has 0 aliphatic carbocycles. The van der Waals surface area contributed by atoms with Gasteiger partial charge >= 0.3 is 0 Å². The summed E-state index contributed by atoms with van der Waals surface area (Å²) in [5.41, 5.74) is 3.68. The molecular weight excluding hydrogens is 365 g/mol. The molecule has 3 rings (SSSR count). The van der Waals surface area contributed by atoms with Crippen molar-refractivity contribution in [2.45, 2.75) is 32.7 Å². The van der Waals surface area contributed by atoms with Crippen LogP contribution < -0.4 is 5.43 Å². The van der Waals surface area contributed by atoms with E-state index in [1.54, 1.807) is 6.07 Å². The predicted molar refractivity (Wildman–Crippen MR) is 103 cm³/mol. The highest BCUT2D eigenvalue weighted by molar-refractivity contribution is 7.21. The number of nitrogens with one attached hydrogen (secondary N) is 1. The van der Waals surface area contributed by atoms with Gasteiger partial charge in [-0.25, -0.2) is 5.43 Å². The molecule has 1 amide bonds. The Morgan fingerprint density at radius 2 is 2.00 bits per heavy atom. The Labute approximate surface area is 155 Å². The number of thiophene rings is 1. The third kappa shape index (κ3) is 3.75. The monoisotopic (exact) mass is 383 g/mol. The molecule has 1 aromatic carbocycles. The molecule has 0 bridgehead atoms. The van der Waals surface area contributed by atoms with Crippen LogP contribution >= 0.6 is 34.5 Å². The highest BCUT2D eigenvalue weighted by Gasteiger charge is 2.19. The first kappa shape index (κ1) is 17.7. The minimum Gasteiger partial charge on any atom is -0.300 e. The van der Waals surface area contributed by atoms with Crippen molar-refractivity contribution in [3.8, 4) is 0 Å². The summed E-state index contributed by atoms with van der Waals surface area (Å²) in [4.78, 5) is 15.3. The summed E-state index contributed by atoms with van der Waals surface area (Å²) in [6.07, 6.45) is 1.77. The molecule has 1 saturated heterocycles. The molecule has 1 aliphatic heterocycles. The fourth-order valence-electron chi connectivity index (χ4n) is 2.78. The largest absolute Gasteiger partial charge is 0.300 e. The molecule has 0 atom stereocenters. The van der Waals surface area contributed by atoms with E-state index in [0.717, 1.165) is 41.7 Å². The number of rotatable bonds is 3. The van der Waals surface area contributed by atoms with Crippen molar-refractivity contribution in [1.29, 1.82) is 0 Å². The standard InChI is InChI=1S/C17H19Cl2N3OS/c1-10(2)22-7-5-12(6-8-22)20-21-17(23)16-15(19)13-4-3-11(18)9-14(13)24-16/h3-4,9-10H,5-8H2,1-2H3,(H,21,23). The lowest BCUT2D eigenvalue weighted by molar-refractivity contribution is 0.0958. The van der Waals surface area contributed by atoms with Crippen LogP contribution in [0.25, 0.3) is 10.1 Å². The number of carbonyl (C=O) groups is 1. The molecule has 1 fully saturated rings. The van der Waals surface area contributed by atoms with Crippen molar-refractivity contribution in [2.75, 3.05) is 13.1 Å². The van der Waals surface area contributed by atoms with Gasteiger partial charge in [0.05, 0.1) is 5.02 Å². The van der Waals surface area contributed by atoms with Crippen LogP contribution in [0.5, 0.6) is 0 Å². The highest BCUT2D eigenvalue weighted by Crippen LogP contribution is 2.36. The average Bonchev–Trinajstić information content (AvgIpc) is 2.89. The van der Waals surface area contributed by atoms with Gasteiger partial charge < -0.3 is 4.90 Å². The number of hydrogen-bond acceptors (Lipinski definition) is 4. The molecule has 1 N–H and O–H groups in total. The third-order valence-corrected chi connectivity index (χ3v) is 6.11. The van der Waals surface area contributed by atoms with Gasteiger partial charge in [0.25, 0.3) is 5.91 Å². The number of likely N-dealkylation sites (tertiary alicyclic amines) is 1. The zero-order valence-electron chi connectivity index (χ0n) is 13.6. The predicted octanol–water partition coefficient (Wildman–Crippen LogP) is 4.80. The van der Waals surface area contributed by atoms with Crippen LogP contribution in [0.15, 0.2) is 23.3 Å². The quantitative estimate of drug-likeness (QED) is 0.773. The van der Waals surface area contributed by atoms with Crippen molar-refractivity contribution in [3.63, 3.8) is 0 Å². The molecular formula is C17H19Cl2N3OS. The van der Waals surface area contributed by atoms with E-state index in [1.165, 1.54) is 11.3 Å².